The topological polar surface area (TPSA) is 69.7 Å². The summed E-state index contributed by atoms with van der Waals surface area (Å²) in [5.74, 6) is -0.606. The van der Waals surface area contributed by atoms with Crippen LogP contribution in [0.3, 0.4) is 0 Å². The number of carbonyl (C=O) groups is 3. The van der Waals surface area contributed by atoms with E-state index in [1.807, 2.05) is 0 Å². The summed E-state index contributed by atoms with van der Waals surface area (Å²) < 4.78 is 0. The minimum Gasteiger partial charge on any atom is -0.352 e. The Morgan fingerprint density at radius 3 is 2.62 bits per heavy atom. The van der Waals surface area contributed by atoms with Crippen molar-refractivity contribution >= 4 is 23.4 Å². The number of carbonyl (C=O) groups excluding carboxylic acids is 3. The fourth-order valence-corrected chi connectivity index (χ4v) is 3.43. The molecule has 0 radical (unpaired) electrons. The van der Waals surface area contributed by atoms with E-state index in [2.05, 4.69) is 5.32 Å². The van der Waals surface area contributed by atoms with E-state index in [0.29, 0.717) is 11.3 Å². The second-order valence-corrected chi connectivity index (χ2v) is 6.56. The molecule has 0 bridgehead atoms. The van der Waals surface area contributed by atoms with E-state index >= 15 is 0 Å². The van der Waals surface area contributed by atoms with Gasteiger partial charge in [0, 0.05) is 13.1 Å². The molecule has 0 atom stereocenters. The van der Waals surface area contributed by atoms with E-state index in [-0.39, 0.29) is 36.9 Å². The molecule has 1 aromatic carbocycles. The Morgan fingerprint density at radius 1 is 1.17 bits per heavy atom. The lowest BCUT2D eigenvalue weighted by Crippen LogP contribution is -2.46. The molecule has 0 spiro atoms. The molecule has 0 aromatic heterocycles. The normalized spacial score (nSPS) is 19.0. The Kier molecular flexibility index (Phi) is 4.83. The second-order valence-electron chi connectivity index (χ2n) is 6.56. The molecule has 3 amide bonds. The van der Waals surface area contributed by atoms with Gasteiger partial charge in [0.1, 0.15) is 13.1 Å². The van der Waals surface area contributed by atoms with Gasteiger partial charge in [-0.2, -0.15) is 0 Å². The van der Waals surface area contributed by atoms with Crippen LogP contribution in [0.1, 0.15) is 42.5 Å². The average Bonchev–Trinajstić information content (AvgIpc) is 2.67. The van der Waals surface area contributed by atoms with E-state index in [1.165, 1.54) is 16.2 Å². The molecule has 2 aliphatic rings. The number of nitrogens with one attached hydrogen (secondary N) is 1. The highest BCUT2D eigenvalue weighted by atomic mass is 16.2. The van der Waals surface area contributed by atoms with E-state index in [1.54, 1.807) is 31.3 Å². The van der Waals surface area contributed by atoms with Crippen LogP contribution in [0.4, 0.5) is 5.69 Å². The fourth-order valence-electron chi connectivity index (χ4n) is 3.43. The zero-order chi connectivity index (χ0) is 17.1. The highest BCUT2D eigenvalue weighted by molar-refractivity contribution is 6.11. The Labute approximate surface area is 141 Å². The number of hydrogen-bond donors (Lipinski definition) is 1. The minimum atomic E-state index is -0.241. The molecule has 3 rings (SSSR count). The summed E-state index contributed by atoms with van der Waals surface area (Å²) in [5, 5.41) is 3.03. The van der Waals surface area contributed by atoms with E-state index in [0.717, 1.165) is 25.7 Å². The Bertz CT molecular complexity index is 653. The van der Waals surface area contributed by atoms with Crippen molar-refractivity contribution in [1.82, 2.24) is 10.2 Å². The second kappa shape index (κ2) is 7.03. The number of amides is 3. The zero-order valence-electron chi connectivity index (χ0n) is 14.0. The smallest absolute Gasteiger partial charge is 0.256 e. The third-order valence-electron chi connectivity index (χ3n) is 4.72. The first-order valence-corrected chi connectivity index (χ1v) is 8.50. The molecule has 6 heteroatoms. The first-order valence-electron chi connectivity index (χ1n) is 8.50. The number of rotatable bonds is 3. The van der Waals surface area contributed by atoms with Gasteiger partial charge in [0.2, 0.25) is 11.8 Å². The molecule has 6 nitrogen and oxygen atoms in total. The van der Waals surface area contributed by atoms with Crippen LogP contribution < -0.4 is 10.2 Å². The van der Waals surface area contributed by atoms with Gasteiger partial charge in [-0.3, -0.25) is 14.4 Å². The van der Waals surface area contributed by atoms with E-state index in [4.69, 9.17) is 0 Å². The molecule has 0 unspecified atom stereocenters. The van der Waals surface area contributed by atoms with Crippen LogP contribution >= 0.6 is 0 Å². The summed E-state index contributed by atoms with van der Waals surface area (Å²) in [5.41, 5.74) is 0.965. The van der Waals surface area contributed by atoms with Crippen LogP contribution in [-0.2, 0) is 9.59 Å². The molecule has 1 aliphatic carbocycles. The van der Waals surface area contributed by atoms with Gasteiger partial charge < -0.3 is 15.1 Å². The van der Waals surface area contributed by atoms with Crippen LogP contribution in [0.5, 0.6) is 0 Å². The van der Waals surface area contributed by atoms with Gasteiger partial charge in [0.25, 0.3) is 5.91 Å². The third-order valence-corrected chi connectivity index (χ3v) is 4.72. The van der Waals surface area contributed by atoms with Crippen molar-refractivity contribution < 1.29 is 14.4 Å². The molecule has 1 heterocycles. The summed E-state index contributed by atoms with van der Waals surface area (Å²) >= 11 is 0. The summed E-state index contributed by atoms with van der Waals surface area (Å²) in [4.78, 5) is 40.1. The molecule has 1 N–H and O–H groups in total. The van der Waals surface area contributed by atoms with Crippen molar-refractivity contribution in [3.63, 3.8) is 0 Å². The lowest BCUT2D eigenvalue weighted by atomic mass is 9.95. The highest BCUT2D eigenvalue weighted by Crippen LogP contribution is 2.25. The molecule has 1 saturated carbocycles. The standard InChI is InChI=1S/C18H23N3O3/c1-20-12-17(23)21(15-10-6-5-9-14(15)18(20)24)11-16(22)19-13-7-3-2-4-8-13/h5-6,9-10,13H,2-4,7-8,11-12H2,1H3,(H,19,22). The van der Waals surface area contributed by atoms with Crippen molar-refractivity contribution in [3.05, 3.63) is 29.8 Å². The summed E-state index contributed by atoms with van der Waals surface area (Å²) in [6, 6.07) is 7.15. The van der Waals surface area contributed by atoms with E-state index < -0.39 is 0 Å². The average molecular weight is 329 g/mol. The van der Waals surface area contributed by atoms with Gasteiger partial charge in [-0.15, -0.1) is 0 Å². The maximum absolute atomic E-state index is 12.5. The molecule has 128 valence electrons. The Balaban J connectivity index is 1.78. The number of likely N-dealkylation sites (N-methyl/N-ethyl adjacent to an activating group) is 1. The maximum atomic E-state index is 12.5. The lowest BCUT2D eigenvalue weighted by Gasteiger charge is -2.26. The van der Waals surface area contributed by atoms with Gasteiger partial charge in [-0.1, -0.05) is 31.4 Å². The number of para-hydroxylation sites is 1. The molecule has 1 fully saturated rings. The van der Waals surface area contributed by atoms with Crippen LogP contribution in [0, 0.1) is 0 Å². The van der Waals surface area contributed by atoms with Crippen LogP contribution in [0.2, 0.25) is 0 Å². The monoisotopic (exact) mass is 329 g/mol. The van der Waals surface area contributed by atoms with Gasteiger partial charge in [-0.05, 0) is 25.0 Å². The molecular weight excluding hydrogens is 306 g/mol. The number of anilines is 1. The molecular formula is C18H23N3O3. The van der Waals surface area contributed by atoms with Gasteiger partial charge in [-0.25, -0.2) is 0 Å². The number of nitrogens with zero attached hydrogens (tertiary/aromatic N) is 2. The largest absolute Gasteiger partial charge is 0.352 e. The van der Waals surface area contributed by atoms with Crippen LogP contribution in [0.25, 0.3) is 0 Å². The number of benzene rings is 1. The predicted octanol–water partition coefficient (Wildman–Crippen LogP) is 1.55. The van der Waals surface area contributed by atoms with Crippen molar-refractivity contribution in [3.8, 4) is 0 Å². The van der Waals surface area contributed by atoms with Crippen molar-refractivity contribution in [2.75, 3.05) is 25.0 Å². The van der Waals surface area contributed by atoms with E-state index in [9.17, 15) is 14.4 Å². The number of hydrogen-bond acceptors (Lipinski definition) is 3. The SMILES string of the molecule is CN1CC(=O)N(CC(=O)NC2CCCCC2)c2ccccc2C1=O. The molecule has 1 aliphatic heterocycles. The quantitative estimate of drug-likeness (QED) is 0.915. The Morgan fingerprint density at radius 2 is 1.88 bits per heavy atom. The predicted molar refractivity (Wildman–Crippen MR) is 90.8 cm³/mol. The minimum absolute atomic E-state index is 0.0236. The van der Waals surface area contributed by atoms with Crippen molar-refractivity contribution in [1.29, 1.82) is 0 Å². The summed E-state index contributed by atoms with van der Waals surface area (Å²) in [7, 11) is 1.60. The first-order chi connectivity index (χ1) is 11.6. The van der Waals surface area contributed by atoms with Crippen LogP contribution in [-0.4, -0.2) is 48.8 Å². The third kappa shape index (κ3) is 3.42. The highest BCUT2D eigenvalue weighted by Gasteiger charge is 2.31. The summed E-state index contributed by atoms with van der Waals surface area (Å²) in [6.45, 7) is -0.0717. The van der Waals surface area contributed by atoms with Gasteiger partial charge in [0.05, 0.1) is 11.3 Å². The summed E-state index contributed by atoms with van der Waals surface area (Å²) in [6.07, 6.45) is 5.49. The van der Waals surface area contributed by atoms with Crippen molar-refractivity contribution in [2.45, 2.75) is 38.1 Å². The van der Waals surface area contributed by atoms with Crippen molar-refractivity contribution in [2.24, 2.45) is 0 Å². The molecule has 24 heavy (non-hydrogen) atoms. The molecule has 1 aromatic rings. The lowest BCUT2D eigenvalue weighted by molar-refractivity contribution is -0.124. The molecule has 0 saturated heterocycles. The first kappa shape index (κ1) is 16.5. The Hall–Kier alpha value is -2.37. The van der Waals surface area contributed by atoms with Gasteiger partial charge in [0.15, 0.2) is 0 Å². The zero-order valence-corrected chi connectivity index (χ0v) is 14.0. The fraction of sp³-hybridized carbons (Fsp3) is 0.500. The maximum Gasteiger partial charge on any atom is 0.256 e. The van der Waals surface area contributed by atoms with Crippen LogP contribution in [0.15, 0.2) is 24.3 Å². The number of fused-ring (bicyclic) bond motifs is 1. The van der Waals surface area contributed by atoms with Gasteiger partial charge >= 0.3 is 0 Å².